The fourth-order valence-corrected chi connectivity index (χ4v) is 2.55. The molecule has 0 amide bonds. The summed E-state index contributed by atoms with van der Waals surface area (Å²) >= 11 is 5.54. The van der Waals surface area contributed by atoms with Crippen LogP contribution in [0.15, 0.2) is 24.3 Å². The van der Waals surface area contributed by atoms with Crippen LogP contribution in [0.1, 0.15) is 5.56 Å². The number of β-amino-alcohol motifs (C(OH)–C–C–N with tert-alkyl or cyclic N) is 1. The summed E-state index contributed by atoms with van der Waals surface area (Å²) in [6.07, 6.45) is 0. The molecule has 0 spiro atoms. The van der Waals surface area contributed by atoms with Crippen LogP contribution in [0.5, 0.6) is 5.75 Å². The van der Waals surface area contributed by atoms with Crippen molar-refractivity contribution < 1.29 is 9.84 Å². The molecule has 104 valence electrons. The molecule has 1 aromatic rings. The van der Waals surface area contributed by atoms with Gasteiger partial charge in [0.25, 0.3) is 0 Å². The minimum absolute atomic E-state index is 0.225. The van der Waals surface area contributed by atoms with Gasteiger partial charge in [0.2, 0.25) is 0 Å². The number of aliphatic hydroxyl groups excluding tert-OH is 1. The number of thiocarbonyl (C=S) groups is 1. The zero-order valence-electron chi connectivity index (χ0n) is 11.2. The standard InChI is InChI=1S/C14H20N2O2S/c1-18-13-4-2-12(3-5-13)14(19)16-8-6-15(7-9-16)10-11-17/h2-5,17H,6-11H2,1H3. The molecule has 0 atom stereocenters. The molecule has 0 unspecified atom stereocenters. The van der Waals surface area contributed by atoms with Crippen molar-refractivity contribution in [2.75, 3.05) is 46.4 Å². The van der Waals surface area contributed by atoms with Crippen molar-refractivity contribution in [3.05, 3.63) is 29.8 Å². The van der Waals surface area contributed by atoms with E-state index in [-0.39, 0.29) is 6.61 Å². The van der Waals surface area contributed by atoms with Crippen molar-refractivity contribution in [2.24, 2.45) is 0 Å². The smallest absolute Gasteiger partial charge is 0.118 e. The van der Waals surface area contributed by atoms with Gasteiger partial charge in [0.1, 0.15) is 10.7 Å². The highest BCUT2D eigenvalue weighted by atomic mass is 32.1. The van der Waals surface area contributed by atoms with Crippen LogP contribution in [0.3, 0.4) is 0 Å². The van der Waals surface area contributed by atoms with Crippen molar-refractivity contribution in [3.63, 3.8) is 0 Å². The van der Waals surface area contributed by atoms with Crippen LogP contribution in [0, 0.1) is 0 Å². The molecule has 5 heteroatoms. The Labute approximate surface area is 119 Å². The lowest BCUT2D eigenvalue weighted by Crippen LogP contribution is -2.49. The SMILES string of the molecule is COc1ccc(C(=S)N2CCN(CCO)CC2)cc1. The maximum absolute atomic E-state index is 8.93. The van der Waals surface area contributed by atoms with E-state index in [1.54, 1.807) is 7.11 Å². The van der Waals surface area contributed by atoms with Crippen molar-refractivity contribution in [1.29, 1.82) is 0 Å². The first-order chi connectivity index (χ1) is 9.24. The molecule has 4 nitrogen and oxygen atoms in total. The number of hydrogen-bond donors (Lipinski definition) is 1. The van der Waals surface area contributed by atoms with Crippen molar-refractivity contribution in [2.45, 2.75) is 0 Å². The van der Waals surface area contributed by atoms with Gasteiger partial charge in [0.05, 0.1) is 13.7 Å². The summed E-state index contributed by atoms with van der Waals surface area (Å²) < 4.78 is 5.15. The second-order valence-corrected chi connectivity index (χ2v) is 4.97. The second-order valence-electron chi connectivity index (χ2n) is 4.59. The molecule has 0 radical (unpaired) electrons. The maximum atomic E-state index is 8.93. The van der Waals surface area contributed by atoms with Gasteiger partial charge in [-0.3, -0.25) is 4.90 Å². The highest BCUT2D eigenvalue weighted by molar-refractivity contribution is 7.80. The van der Waals surface area contributed by atoms with Crippen LogP contribution < -0.4 is 4.74 Å². The number of hydrogen-bond acceptors (Lipinski definition) is 4. The van der Waals surface area contributed by atoms with Crippen LogP contribution in [-0.4, -0.2) is 66.3 Å². The van der Waals surface area contributed by atoms with E-state index in [0.717, 1.165) is 49.0 Å². The Kier molecular flexibility index (Phi) is 5.13. The van der Waals surface area contributed by atoms with E-state index >= 15 is 0 Å². The van der Waals surface area contributed by atoms with Gasteiger partial charge in [-0.15, -0.1) is 0 Å². The molecule has 1 fully saturated rings. The van der Waals surface area contributed by atoms with Crippen molar-refractivity contribution >= 4 is 17.2 Å². The molecular weight excluding hydrogens is 260 g/mol. The van der Waals surface area contributed by atoms with Gasteiger partial charge in [-0.05, 0) is 24.3 Å². The molecule has 1 N–H and O–H groups in total. The van der Waals surface area contributed by atoms with E-state index in [2.05, 4.69) is 9.80 Å². The van der Waals surface area contributed by atoms with Gasteiger partial charge in [-0.25, -0.2) is 0 Å². The Balaban J connectivity index is 1.93. The van der Waals surface area contributed by atoms with Crippen molar-refractivity contribution in [1.82, 2.24) is 9.80 Å². The highest BCUT2D eigenvalue weighted by Gasteiger charge is 2.19. The zero-order valence-corrected chi connectivity index (χ0v) is 12.0. The number of ether oxygens (including phenoxy) is 1. The summed E-state index contributed by atoms with van der Waals surface area (Å²) in [5.74, 6) is 0.847. The predicted molar refractivity (Wildman–Crippen MR) is 79.8 cm³/mol. The molecular formula is C14H20N2O2S. The minimum atomic E-state index is 0.225. The average molecular weight is 280 g/mol. The van der Waals surface area contributed by atoms with E-state index in [4.69, 9.17) is 22.1 Å². The normalized spacial score (nSPS) is 16.4. The summed E-state index contributed by atoms with van der Waals surface area (Å²) in [5.41, 5.74) is 1.06. The van der Waals surface area contributed by atoms with Gasteiger partial charge in [0.15, 0.2) is 0 Å². The van der Waals surface area contributed by atoms with Crippen LogP contribution in [0.2, 0.25) is 0 Å². The Morgan fingerprint density at radius 2 is 1.84 bits per heavy atom. The van der Waals surface area contributed by atoms with E-state index in [9.17, 15) is 0 Å². The average Bonchev–Trinajstić information content (AvgIpc) is 2.48. The Morgan fingerprint density at radius 3 is 2.37 bits per heavy atom. The zero-order chi connectivity index (χ0) is 13.7. The number of rotatable bonds is 4. The molecule has 1 aliphatic heterocycles. The summed E-state index contributed by atoms with van der Waals surface area (Å²) in [5, 5.41) is 8.93. The van der Waals surface area contributed by atoms with Crippen LogP contribution >= 0.6 is 12.2 Å². The first kappa shape index (κ1) is 14.2. The molecule has 0 bridgehead atoms. The summed E-state index contributed by atoms with van der Waals surface area (Å²) in [6.45, 7) is 4.73. The molecule has 1 heterocycles. The molecule has 0 aliphatic carbocycles. The quantitative estimate of drug-likeness (QED) is 0.832. The van der Waals surface area contributed by atoms with Crippen LogP contribution in [0.4, 0.5) is 0 Å². The van der Waals surface area contributed by atoms with Crippen LogP contribution in [-0.2, 0) is 0 Å². The lowest BCUT2D eigenvalue weighted by Gasteiger charge is -2.36. The molecule has 1 saturated heterocycles. The highest BCUT2D eigenvalue weighted by Crippen LogP contribution is 2.15. The van der Waals surface area contributed by atoms with Gasteiger partial charge < -0.3 is 14.7 Å². The lowest BCUT2D eigenvalue weighted by molar-refractivity contribution is 0.148. The second kappa shape index (κ2) is 6.84. The van der Waals surface area contributed by atoms with Crippen molar-refractivity contribution in [3.8, 4) is 5.75 Å². The Morgan fingerprint density at radius 1 is 1.21 bits per heavy atom. The largest absolute Gasteiger partial charge is 0.497 e. The van der Waals surface area contributed by atoms with E-state index < -0.39 is 0 Å². The molecule has 0 aromatic heterocycles. The number of benzene rings is 1. The fraction of sp³-hybridized carbons (Fsp3) is 0.500. The van der Waals surface area contributed by atoms with E-state index in [1.807, 2.05) is 24.3 Å². The topological polar surface area (TPSA) is 35.9 Å². The summed E-state index contributed by atoms with van der Waals surface area (Å²) in [6, 6.07) is 7.87. The molecule has 1 aromatic carbocycles. The first-order valence-corrected chi connectivity index (χ1v) is 6.92. The minimum Gasteiger partial charge on any atom is -0.497 e. The maximum Gasteiger partial charge on any atom is 0.118 e. The van der Waals surface area contributed by atoms with Gasteiger partial charge >= 0.3 is 0 Å². The summed E-state index contributed by atoms with van der Waals surface area (Å²) in [4.78, 5) is 5.38. The Hall–Kier alpha value is -1.17. The van der Waals surface area contributed by atoms with Gasteiger partial charge in [-0.2, -0.15) is 0 Å². The third kappa shape index (κ3) is 3.65. The van der Waals surface area contributed by atoms with Crippen LogP contribution in [0.25, 0.3) is 0 Å². The third-order valence-electron chi connectivity index (χ3n) is 3.41. The molecule has 2 rings (SSSR count). The monoisotopic (exact) mass is 280 g/mol. The number of nitrogens with zero attached hydrogens (tertiary/aromatic N) is 2. The Bertz CT molecular complexity index is 414. The molecule has 1 aliphatic rings. The van der Waals surface area contributed by atoms with Gasteiger partial charge in [-0.1, -0.05) is 12.2 Å². The first-order valence-electron chi connectivity index (χ1n) is 6.51. The lowest BCUT2D eigenvalue weighted by atomic mass is 10.2. The number of aliphatic hydroxyl groups is 1. The van der Waals surface area contributed by atoms with Gasteiger partial charge in [0, 0.05) is 38.3 Å². The predicted octanol–water partition coefficient (Wildman–Crippen LogP) is 0.981. The van der Waals surface area contributed by atoms with E-state index in [0.29, 0.717) is 0 Å². The van der Waals surface area contributed by atoms with E-state index in [1.165, 1.54) is 0 Å². The number of methoxy groups -OCH3 is 1. The molecule has 0 saturated carbocycles. The molecule has 19 heavy (non-hydrogen) atoms. The summed E-state index contributed by atoms with van der Waals surface area (Å²) in [7, 11) is 1.66. The third-order valence-corrected chi connectivity index (χ3v) is 3.91. The fourth-order valence-electron chi connectivity index (χ4n) is 2.23. The number of piperazine rings is 1.